The van der Waals surface area contributed by atoms with E-state index < -0.39 is 0 Å². The minimum absolute atomic E-state index is 0.0886. The van der Waals surface area contributed by atoms with Crippen LogP contribution in [0.5, 0.6) is 0 Å². The van der Waals surface area contributed by atoms with Gasteiger partial charge in [0.15, 0.2) is 0 Å². The molecule has 3 nitrogen and oxygen atoms in total. The highest BCUT2D eigenvalue weighted by Gasteiger charge is 2.15. The Morgan fingerprint density at radius 1 is 1.06 bits per heavy atom. The lowest BCUT2D eigenvalue weighted by molar-refractivity contribution is -0.0277. The van der Waals surface area contributed by atoms with Gasteiger partial charge in [-0.05, 0) is 12.3 Å². The predicted molar refractivity (Wildman–Crippen MR) is 71.2 cm³/mol. The van der Waals surface area contributed by atoms with Crippen molar-refractivity contribution in [2.45, 2.75) is 59.0 Å². The first kappa shape index (κ1) is 16.9. The fourth-order valence-electron chi connectivity index (χ4n) is 1.82. The first-order valence-corrected chi connectivity index (χ1v) is 7.06. The van der Waals surface area contributed by atoms with Crippen molar-refractivity contribution in [2.24, 2.45) is 5.92 Å². The minimum atomic E-state index is 0.0886. The van der Waals surface area contributed by atoms with Gasteiger partial charge in [-0.3, -0.25) is 0 Å². The topological polar surface area (TPSA) is 38.7 Å². The van der Waals surface area contributed by atoms with Gasteiger partial charge in [-0.15, -0.1) is 0 Å². The van der Waals surface area contributed by atoms with Crippen molar-refractivity contribution >= 4 is 0 Å². The van der Waals surface area contributed by atoms with Crippen LogP contribution in [0.25, 0.3) is 0 Å². The normalized spacial score (nSPS) is 14.8. The maximum atomic E-state index is 8.58. The van der Waals surface area contributed by atoms with Gasteiger partial charge in [-0.2, -0.15) is 0 Å². The van der Waals surface area contributed by atoms with Crippen LogP contribution >= 0.6 is 0 Å². The Balaban J connectivity index is 3.69. The van der Waals surface area contributed by atoms with Gasteiger partial charge in [0.2, 0.25) is 0 Å². The highest BCUT2D eigenvalue weighted by molar-refractivity contribution is 4.65. The number of ether oxygens (including phenoxy) is 2. The summed E-state index contributed by atoms with van der Waals surface area (Å²) >= 11 is 0. The average Bonchev–Trinajstić information content (AvgIpc) is 2.35. The van der Waals surface area contributed by atoms with Gasteiger partial charge in [-0.1, -0.05) is 46.5 Å². The average molecular weight is 246 g/mol. The Kier molecular flexibility index (Phi) is 12.3. The molecule has 0 aliphatic carbocycles. The molecule has 0 spiro atoms. The third kappa shape index (κ3) is 9.57. The fourth-order valence-corrected chi connectivity index (χ4v) is 1.82. The van der Waals surface area contributed by atoms with Crippen LogP contribution in [0.15, 0.2) is 0 Å². The lowest BCUT2D eigenvalue weighted by Gasteiger charge is -2.23. The molecule has 0 rings (SSSR count). The van der Waals surface area contributed by atoms with Gasteiger partial charge in [0.05, 0.1) is 32.5 Å². The van der Waals surface area contributed by atoms with E-state index in [1.165, 1.54) is 19.3 Å². The maximum absolute atomic E-state index is 8.58. The third-order valence-corrected chi connectivity index (χ3v) is 3.17. The monoisotopic (exact) mass is 246 g/mol. The Bertz CT molecular complexity index is 150. The smallest absolute Gasteiger partial charge is 0.0704 e. The van der Waals surface area contributed by atoms with E-state index >= 15 is 0 Å². The molecule has 3 heteroatoms. The number of hydrogen-bond acceptors (Lipinski definition) is 3. The molecular formula is C14H30O3. The summed E-state index contributed by atoms with van der Waals surface area (Å²) in [7, 11) is 0. The number of aliphatic hydroxyl groups excluding tert-OH is 1. The number of aliphatic hydroxyl groups is 1. The Hall–Kier alpha value is -0.120. The summed E-state index contributed by atoms with van der Waals surface area (Å²) in [4.78, 5) is 0. The van der Waals surface area contributed by atoms with Gasteiger partial charge in [0.1, 0.15) is 0 Å². The van der Waals surface area contributed by atoms with Crippen molar-refractivity contribution in [1.29, 1.82) is 0 Å². The molecule has 0 aromatic rings. The second-order valence-electron chi connectivity index (χ2n) is 4.63. The van der Waals surface area contributed by atoms with E-state index in [1.807, 2.05) is 0 Å². The molecule has 0 heterocycles. The second-order valence-corrected chi connectivity index (χ2v) is 4.63. The Morgan fingerprint density at radius 2 is 1.82 bits per heavy atom. The van der Waals surface area contributed by atoms with E-state index in [4.69, 9.17) is 14.6 Å². The molecule has 0 saturated heterocycles. The first-order chi connectivity index (χ1) is 8.26. The zero-order valence-corrected chi connectivity index (χ0v) is 11.8. The second kappa shape index (κ2) is 12.3. The van der Waals surface area contributed by atoms with E-state index in [2.05, 4.69) is 20.8 Å². The van der Waals surface area contributed by atoms with E-state index in [0.717, 1.165) is 12.8 Å². The largest absolute Gasteiger partial charge is 0.394 e. The first-order valence-electron chi connectivity index (χ1n) is 7.06. The molecule has 0 amide bonds. The predicted octanol–water partition coefficient (Wildman–Crippen LogP) is 3.01. The number of rotatable bonds is 12. The zero-order chi connectivity index (χ0) is 12.9. The lowest BCUT2D eigenvalue weighted by Crippen LogP contribution is -2.23. The summed E-state index contributed by atoms with van der Waals surface area (Å²) in [5, 5.41) is 8.58. The van der Waals surface area contributed by atoms with Crippen molar-refractivity contribution in [3.05, 3.63) is 0 Å². The van der Waals surface area contributed by atoms with E-state index in [1.54, 1.807) is 0 Å². The van der Waals surface area contributed by atoms with E-state index in [-0.39, 0.29) is 6.61 Å². The maximum Gasteiger partial charge on any atom is 0.0704 e. The van der Waals surface area contributed by atoms with Crippen LogP contribution in [0.4, 0.5) is 0 Å². The molecule has 1 N–H and O–H groups in total. The molecule has 0 aliphatic rings. The van der Waals surface area contributed by atoms with Crippen LogP contribution in [-0.4, -0.2) is 37.6 Å². The van der Waals surface area contributed by atoms with Gasteiger partial charge in [-0.25, -0.2) is 0 Å². The molecule has 2 atom stereocenters. The van der Waals surface area contributed by atoms with Gasteiger partial charge in [0, 0.05) is 0 Å². The minimum Gasteiger partial charge on any atom is -0.394 e. The molecule has 104 valence electrons. The fraction of sp³-hybridized carbons (Fsp3) is 1.00. The molecule has 0 bridgehead atoms. The summed E-state index contributed by atoms with van der Waals surface area (Å²) in [6, 6.07) is 0. The van der Waals surface area contributed by atoms with Crippen LogP contribution in [0.1, 0.15) is 52.9 Å². The summed E-state index contributed by atoms with van der Waals surface area (Å²) in [6.45, 7) is 8.41. The molecule has 0 aliphatic heterocycles. The van der Waals surface area contributed by atoms with Gasteiger partial charge >= 0.3 is 0 Å². The van der Waals surface area contributed by atoms with Crippen molar-refractivity contribution in [3.63, 3.8) is 0 Å². The van der Waals surface area contributed by atoms with Crippen molar-refractivity contribution in [1.82, 2.24) is 0 Å². The quantitative estimate of drug-likeness (QED) is 0.538. The molecule has 0 fully saturated rings. The molecule has 0 radical (unpaired) electrons. The number of unbranched alkanes of at least 4 members (excludes halogenated alkanes) is 2. The van der Waals surface area contributed by atoms with Crippen molar-refractivity contribution < 1.29 is 14.6 Å². The van der Waals surface area contributed by atoms with E-state index in [0.29, 0.717) is 31.8 Å². The van der Waals surface area contributed by atoms with Gasteiger partial charge in [0.25, 0.3) is 0 Å². The van der Waals surface area contributed by atoms with Gasteiger partial charge < -0.3 is 14.6 Å². The van der Waals surface area contributed by atoms with Crippen LogP contribution in [0.2, 0.25) is 0 Å². The standard InChI is InChI=1S/C14H30O3/c1-4-6-7-8-14(13(3)5-2)17-12-11-16-10-9-15/h13-15H,4-12H2,1-3H3. The molecule has 0 aromatic heterocycles. The lowest BCUT2D eigenvalue weighted by atomic mass is 9.97. The summed E-state index contributed by atoms with van der Waals surface area (Å²) in [5.41, 5.74) is 0. The van der Waals surface area contributed by atoms with Crippen molar-refractivity contribution in [2.75, 3.05) is 26.4 Å². The molecule has 0 saturated carbocycles. The van der Waals surface area contributed by atoms with Crippen LogP contribution in [-0.2, 0) is 9.47 Å². The summed E-state index contributed by atoms with van der Waals surface area (Å²) in [5.74, 6) is 0.615. The highest BCUT2D eigenvalue weighted by atomic mass is 16.5. The molecule has 2 unspecified atom stereocenters. The summed E-state index contributed by atoms with van der Waals surface area (Å²) in [6.07, 6.45) is 6.48. The van der Waals surface area contributed by atoms with Crippen LogP contribution in [0.3, 0.4) is 0 Å². The SMILES string of the molecule is CCCCCC(OCCOCCO)C(C)CC. The Morgan fingerprint density at radius 3 is 2.41 bits per heavy atom. The Labute approximate surface area is 107 Å². The van der Waals surface area contributed by atoms with Crippen LogP contribution < -0.4 is 0 Å². The van der Waals surface area contributed by atoms with Crippen molar-refractivity contribution in [3.8, 4) is 0 Å². The molecular weight excluding hydrogens is 216 g/mol. The molecule has 0 aromatic carbocycles. The summed E-state index contributed by atoms with van der Waals surface area (Å²) < 4.78 is 11.1. The molecule has 17 heavy (non-hydrogen) atoms. The van der Waals surface area contributed by atoms with Crippen LogP contribution in [0, 0.1) is 5.92 Å². The zero-order valence-electron chi connectivity index (χ0n) is 11.8. The van der Waals surface area contributed by atoms with E-state index in [9.17, 15) is 0 Å². The third-order valence-electron chi connectivity index (χ3n) is 3.17. The highest BCUT2D eigenvalue weighted by Crippen LogP contribution is 2.18. The number of hydrogen-bond donors (Lipinski definition) is 1.